The van der Waals surface area contributed by atoms with Crippen molar-refractivity contribution in [1.82, 2.24) is 14.8 Å². The molecule has 5 aromatic rings. The molecular formula is C32H29FN6O5. The lowest BCUT2D eigenvalue weighted by Gasteiger charge is -2.32. The zero-order chi connectivity index (χ0) is 30.4. The molecule has 3 aromatic carbocycles. The molecule has 2 aliphatic heterocycles. The van der Waals surface area contributed by atoms with E-state index >= 15 is 0 Å². The Morgan fingerprint density at radius 1 is 1.00 bits per heavy atom. The quantitative estimate of drug-likeness (QED) is 0.246. The Balaban J connectivity index is 1.19. The van der Waals surface area contributed by atoms with Crippen molar-refractivity contribution < 1.29 is 28.2 Å². The maximum absolute atomic E-state index is 14.1. The van der Waals surface area contributed by atoms with Gasteiger partial charge in [0.1, 0.15) is 18.2 Å². The molecule has 7 rings (SSSR count). The van der Waals surface area contributed by atoms with Gasteiger partial charge >= 0.3 is 6.09 Å². The zero-order valence-corrected chi connectivity index (χ0v) is 23.9. The normalized spacial score (nSPS) is 15.2. The van der Waals surface area contributed by atoms with Crippen molar-refractivity contribution in [2.24, 2.45) is 0 Å². The number of benzene rings is 3. The SMILES string of the molecule is Cc1cc(Oc2ccccc2F)ccc1-n1ncc(C(=O)c2cc3cc(N4CCOCC4)c(N4CCOC4=O)cc3[nH]2)c1N. The van der Waals surface area contributed by atoms with Crippen molar-refractivity contribution in [3.05, 3.63) is 89.5 Å². The number of nitrogens with zero attached hydrogens (tertiary/aromatic N) is 4. The number of hydrogen-bond acceptors (Lipinski definition) is 8. The summed E-state index contributed by atoms with van der Waals surface area (Å²) in [7, 11) is 0. The highest BCUT2D eigenvalue weighted by molar-refractivity contribution is 6.13. The van der Waals surface area contributed by atoms with Gasteiger partial charge in [0.2, 0.25) is 5.78 Å². The van der Waals surface area contributed by atoms with Crippen molar-refractivity contribution in [2.45, 2.75) is 6.92 Å². The van der Waals surface area contributed by atoms with Crippen LogP contribution in [0.2, 0.25) is 0 Å². The molecule has 2 aromatic heterocycles. The number of ketones is 1. The minimum Gasteiger partial charge on any atom is -0.454 e. The first-order valence-corrected chi connectivity index (χ1v) is 14.2. The molecule has 0 spiro atoms. The number of aromatic amines is 1. The molecule has 0 radical (unpaired) electrons. The Morgan fingerprint density at radius 2 is 1.82 bits per heavy atom. The van der Waals surface area contributed by atoms with Crippen molar-refractivity contribution in [3.8, 4) is 17.2 Å². The van der Waals surface area contributed by atoms with Gasteiger partial charge in [-0.2, -0.15) is 5.10 Å². The number of carbonyl (C=O) groups is 2. The predicted octanol–water partition coefficient (Wildman–Crippen LogP) is 5.20. The highest BCUT2D eigenvalue weighted by Gasteiger charge is 2.29. The molecular weight excluding hydrogens is 567 g/mol. The van der Waals surface area contributed by atoms with Gasteiger partial charge < -0.3 is 29.8 Å². The maximum atomic E-state index is 14.1. The molecule has 0 atom stereocenters. The van der Waals surface area contributed by atoms with Gasteiger partial charge in [-0.05, 0) is 61.0 Å². The van der Waals surface area contributed by atoms with Crippen LogP contribution in [0.3, 0.4) is 0 Å². The summed E-state index contributed by atoms with van der Waals surface area (Å²) in [6.07, 6.45) is 1.04. The number of anilines is 3. The number of fused-ring (bicyclic) bond motifs is 1. The summed E-state index contributed by atoms with van der Waals surface area (Å²) in [6, 6.07) is 17.0. The van der Waals surface area contributed by atoms with Gasteiger partial charge in [0, 0.05) is 24.0 Å². The monoisotopic (exact) mass is 596 g/mol. The van der Waals surface area contributed by atoms with Crippen LogP contribution in [-0.2, 0) is 9.47 Å². The lowest BCUT2D eigenvalue weighted by molar-refractivity contribution is 0.103. The Bertz CT molecular complexity index is 1910. The van der Waals surface area contributed by atoms with Gasteiger partial charge in [0.25, 0.3) is 0 Å². The number of aromatic nitrogens is 3. The average molecular weight is 597 g/mol. The van der Waals surface area contributed by atoms with E-state index in [1.807, 2.05) is 19.1 Å². The number of aryl methyl sites for hydroxylation is 1. The highest BCUT2D eigenvalue weighted by Crippen LogP contribution is 2.37. The summed E-state index contributed by atoms with van der Waals surface area (Å²) < 4.78 is 32.0. The first kappa shape index (κ1) is 27.5. The molecule has 2 saturated heterocycles. The highest BCUT2D eigenvalue weighted by atomic mass is 19.1. The van der Waals surface area contributed by atoms with Crippen LogP contribution in [0.1, 0.15) is 21.6 Å². The van der Waals surface area contributed by atoms with Gasteiger partial charge in [-0.1, -0.05) is 12.1 Å². The lowest BCUT2D eigenvalue weighted by Crippen LogP contribution is -2.37. The van der Waals surface area contributed by atoms with E-state index in [1.54, 1.807) is 47.4 Å². The third kappa shape index (κ3) is 4.88. The topological polar surface area (TPSA) is 128 Å². The fourth-order valence-corrected chi connectivity index (χ4v) is 5.62. The van der Waals surface area contributed by atoms with Crippen LogP contribution < -0.4 is 20.3 Å². The van der Waals surface area contributed by atoms with Crippen LogP contribution >= 0.6 is 0 Å². The van der Waals surface area contributed by atoms with Gasteiger partial charge in [0.05, 0.1) is 54.3 Å². The Kier molecular flexibility index (Phi) is 6.90. The predicted molar refractivity (Wildman–Crippen MR) is 163 cm³/mol. The number of carbonyl (C=O) groups excluding carboxylic acids is 2. The van der Waals surface area contributed by atoms with E-state index in [4.69, 9.17) is 19.9 Å². The number of nitrogens with one attached hydrogen (secondary N) is 1. The Morgan fingerprint density at radius 3 is 2.57 bits per heavy atom. The maximum Gasteiger partial charge on any atom is 0.414 e. The largest absolute Gasteiger partial charge is 0.454 e. The molecule has 0 bridgehead atoms. The number of nitrogens with two attached hydrogens (primary N) is 1. The van der Waals surface area contributed by atoms with E-state index in [2.05, 4.69) is 15.0 Å². The summed E-state index contributed by atoms with van der Waals surface area (Å²) >= 11 is 0. The van der Waals surface area contributed by atoms with Gasteiger partial charge in [-0.15, -0.1) is 0 Å². The molecule has 4 heterocycles. The summed E-state index contributed by atoms with van der Waals surface area (Å²) in [4.78, 5) is 33.2. The summed E-state index contributed by atoms with van der Waals surface area (Å²) in [5.74, 6) is -0.0348. The Labute approximate surface area is 251 Å². The second kappa shape index (κ2) is 11.0. The van der Waals surface area contributed by atoms with Crippen LogP contribution in [0.15, 0.2) is 66.9 Å². The number of para-hydroxylation sites is 1. The van der Waals surface area contributed by atoms with Crippen LogP contribution in [0, 0.1) is 12.7 Å². The molecule has 2 aliphatic rings. The third-order valence-electron chi connectivity index (χ3n) is 7.88. The molecule has 3 N–H and O–H groups in total. The number of halogens is 1. The van der Waals surface area contributed by atoms with Crippen molar-refractivity contribution >= 4 is 40.0 Å². The molecule has 224 valence electrons. The number of nitrogen functional groups attached to an aromatic ring is 1. The number of rotatable bonds is 7. The fraction of sp³-hybridized carbons (Fsp3) is 0.219. The van der Waals surface area contributed by atoms with Crippen molar-refractivity contribution in [2.75, 3.05) is 55.0 Å². The first-order chi connectivity index (χ1) is 21.4. The van der Waals surface area contributed by atoms with E-state index in [-0.39, 0.29) is 22.9 Å². The van der Waals surface area contributed by atoms with Crippen molar-refractivity contribution in [1.29, 1.82) is 0 Å². The van der Waals surface area contributed by atoms with Crippen LogP contribution in [0.5, 0.6) is 11.5 Å². The zero-order valence-electron chi connectivity index (χ0n) is 23.9. The number of hydrogen-bond donors (Lipinski definition) is 2. The minimum atomic E-state index is -0.460. The second-order valence-corrected chi connectivity index (χ2v) is 10.6. The summed E-state index contributed by atoms with van der Waals surface area (Å²) in [6.45, 7) is 5.15. The second-order valence-electron chi connectivity index (χ2n) is 10.6. The number of cyclic esters (lactones) is 1. The smallest absolute Gasteiger partial charge is 0.414 e. The average Bonchev–Trinajstić information content (AvgIpc) is 3.76. The standard InChI is InChI=1S/C32H29FN6O5/c1-19-14-21(44-29-5-3-2-4-23(29)33)6-7-26(19)39-31(34)22(18-35-39)30(40)25-15-20-16-27(37-8-11-42-12-9-37)28(17-24(20)36-25)38-10-13-43-32(38)41/h2-7,14-18,36H,8-13,34H2,1H3. The van der Waals surface area contributed by atoms with Gasteiger partial charge in [-0.25, -0.2) is 13.9 Å². The molecule has 0 unspecified atom stereocenters. The number of morpholine rings is 1. The number of ether oxygens (including phenoxy) is 3. The number of H-pyrrole nitrogens is 1. The van der Waals surface area contributed by atoms with Crippen LogP contribution in [0.4, 0.5) is 26.4 Å². The molecule has 1 amide bonds. The fourth-order valence-electron chi connectivity index (χ4n) is 5.62. The minimum absolute atomic E-state index is 0.119. The van der Waals surface area contributed by atoms with Crippen LogP contribution in [0.25, 0.3) is 16.6 Å². The molecule has 44 heavy (non-hydrogen) atoms. The summed E-state index contributed by atoms with van der Waals surface area (Å²) in [5, 5.41) is 5.22. The molecule has 0 saturated carbocycles. The van der Waals surface area contributed by atoms with E-state index in [0.717, 1.165) is 16.6 Å². The third-order valence-corrected chi connectivity index (χ3v) is 7.88. The summed E-state index contributed by atoms with van der Waals surface area (Å²) in [5.41, 5.74) is 10.8. The van der Waals surface area contributed by atoms with Gasteiger partial charge in [-0.3, -0.25) is 9.69 Å². The first-order valence-electron chi connectivity index (χ1n) is 14.2. The van der Waals surface area contributed by atoms with E-state index in [9.17, 15) is 14.0 Å². The Hall–Kier alpha value is -5.36. The molecule has 2 fully saturated rings. The van der Waals surface area contributed by atoms with Crippen LogP contribution in [-0.4, -0.2) is 66.1 Å². The molecule has 11 nitrogen and oxygen atoms in total. The van der Waals surface area contributed by atoms with E-state index in [0.29, 0.717) is 67.8 Å². The van der Waals surface area contributed by atoms with Crippen molar-refractivity contribution in [3.63, 3.8) is 0 Å². The van der Waals surface area contributed by atoms with E-state index in [1.165, 1.54) is 16.9 Å². The molecule has 0 aliphatic carbocycles. The van der Waals surface area contributed by atoms with Gasteiger partial charge in [0.15, 0.2) is 11.6 Å². The van der Waals surface area contributed by atoms with E-state index < -0.39 is 11.9 Å². The molecule has 12 heteroatoms. The lowest BCUT2D eigenvalue weighted by atomic mass is 10.1. The number of amides is 1.